The SMILES string of the molecule is COC(=O)CN=CC(NC(=O)[C@H](Cc1ccccc1)NC(=O)OCc1ccccc1)C(N)=O. The normalized spacial score (nSPS) is 12.4. The van der Waals surface area contributed by atoms with Crippen molar-refractivity contribution >= 4 is 30.1 Å². The van der Waals surface area contributed by atoms with Gasteiger partial charge in [-0.25, -0.2) is 4.79 Å². The largest absolute Gasteiger partial charge is 0.468 e. The molecule has 10 heteroatoms. The van der Waals surface area contributed by atoms with Gasteiger partial charge in [-0.1, -0.05) is 60.7 Å². The van der Waals surface area contributed by atoms with Crippen LogP contribution in [-0.4, -0.2) is 55.8 Å². The number of nitrogens with two attached hydrogens (primary N) is 1. The van der Waals surface area contributed by atoms with E-state index in [0.717, 1.165) is 17.3 Å². The van der Waals surface area contributed by atoms with Gasteiger partial charge in [0.2, 0.25) is 11.8 Å². The number of carbonyl (C=O) groups is 4. The number of ether oxygens (including phenoxy) is 2. The fraction of sp³-hybridized carbons (Fsp3) is 0.261. The van der Waals surface area contributed by atoms with Crippen molar-refractivity contribution in [3.63, 3.8) is 0 Å². The molecule has 174 valence electrons. The predicted octanol–water partition coefficient (Wildman–Crippen LogP) is 0.738. The molecule has 0 saturated carbocycles. The number of nitrogens with one attached hydrogen (secondary N) is 2. The molecule has 0 radical (unpaired) electrons. The predicted molar refractivity (Wildman–Crippen MR) is 120 cm³/mol. The molecule has 0 bridgehead atoms. The molecule has 0 saturated heterocycles. The highest BCUT2D eigenvalue weighted by Crippen LogP contribution is 2.06. The summed E-state index contributed by atoms with van der Waals surface area (Å²) in [7, 11) is 1.20. The zero-order valence-corrected chi connectivity index (χ0v) is 18.1. The van der Waals surface area contributed by atoms with Gasteiger partial charge < -0.3 is 25.8 Å². The van der Waals surface area contributed by atoms with E-state index in [-0.39, 0.29) is 19.6 Å². The van der Waals surface area contributed by atoms with E-state index >= 15 is 0 Å². The average Bonchev–Trinajstić information content (AvgIpc) is 2.82. The van der Waals surface area contributed by atoms with Crippen molar-refractivity contribution in [2.75, 3.05) is 13.7 Å². The third-order valence-corrected chi connectivity index (χ3v) is 4.41. The maximum Gasteiger partial charge on any atom is 0.408 e. The summed E-state index contributed by atoms with van der Waals surface area (Å²) >= 11 is 0. The summed E-state index contributed by atoms with van der Waals surface area (Å²) < 4.78 is 9.66. The van der Waals surface area contributed by atoms with Gasteiger partial charge in [0.25, 0.3) is 0 Å². The second-order valence-corrected chi connectivity index (χ2v) is 6.90. The first-order valence-electron chi connectivity index (χ1n) is 10.1. The Morgan fingerprint density at radius 1 is 0.970 bits per heavy atom. The Bertz CT molecular complexity index is 965. The van der Waals surface area contributed by atoms with Crippen molar-refractivity contribution in [1.29, 1.82) is 0 Å². The van der Waals surface area contributed by atoms with Crippen LogP contribution in [0.4, 0.5) is 4.79 Å². The summed E-state index contributed by atoms with van der Waals surface area (Å²) in [4.78, 5) is 51.9. The third kappa shape index (κ3) is 9.21. The zero-order chi connectivity index (χ0) is 24.1. The van der Waals surface area contributed by atoms with Gasteiger partial charge in [0, 0.05) is 12.6 Å². The standard InChI is InChI=1S/C23H26N4O6/c1-32-20(28)14-25-13-19(21(24)29)26-22(30)18(12-16-8-4-2-5-9-16)27-23(31)33-15-17-10-6-3-7-11-17/h2-11,13,18-19H,12,14-15H2,1H3,(H2,24,29)(H,26,30)(H,27,31)/t18-,19?/m0/s1. The van der Waals surface area contributed by atoms with Crippen molar-refractivity contribution in [3.8, 4) is 0 Å². The fourth-order valence-electron chi connectivity index (χ4n) is 2.70. The van der Waals surface area contributed by atoms with Crippen molar-refractivity contribution in [3.05, 3.63) is 71.8 Å². The van der Waals surface area contributed by atoms with Crippen LogP contribution in [0, 0.1) is 0 Å². The lowest BCUT2D eigenvalue weighted by molar-refractivity contribution is -0.138. The molecule has 33 heavy (non-hydrogen) atoms. The number of primary amides is 1. The van der Waals surface area contributed by atoms with E-state index < -0.39 is 36.0 Å². The zero-order valence-electron chi connectivity index (χ0n) is 18.1. The monoisotopic (exact) mass is 454 g/mol. The molecule has 0 aromatic heterocycles. The molecule has 1 unspecified atom stereocenters. The first-order valence-corrected chi connectivity index (χ1v) is 10.1. The van der Waals surface area contributed by atoms with Crippen LogP contribution in [0.15, 0.2) is 65.7 Å². The third-order valence-electron chi connectivity index (χ3n) is 4.41. The number of benzene rings is 2. The van der Waals surface area contributed by atoms with E-state index in [1.807, 2.05) is 24.3 Å². The molecule has 2 aromatic carbocycles. The Morgan fingerprint density at radius 3 is 2.15 bits per heavy atom. The Balaban J connectivity index is 2.07. The van der Waals surface area contributed by atoms with Gasteiger partial charge in [0.05, 0.1) is 7.11 Å². The molecule has 0 aliphatic heterocycles. The number of rotatable bonds is 11. The maximum absolute atomic E-state index is 12.9. The molecule has 0 aliphatic rings. The number of amides is 3. The quantitative estimate of drug-likeness (QED) is 0.337. The first kappa shape index (κ1) is 25.1. The number of carbonyl (C=O) groups excluding carboxylic acids is 4. The summed E-state index contributed by atoms with van der Waals surface area (Å²) in [5.41, 5.74) is 6.89. The van der Waals surface area contributed by atoms with Gasteiger partial charge in [-0.15, -0.1) is 0 Å². The van der Waals surface area contributed by atoms with Crippen molar-refractivity contribution in [1.82, 2.24) is 10.6 Å². The summed E-state index contributed by atoms with van der Waals surface area (Å²) in [6, 6.07) is 15.7. The van der Waals surface area contributed by atoms with E-state index in [0.29, 0.717) is 0 Å². The van der Waals surface area contributed by atoms with E-state index in [1.165, 1.54) is 7.11 Å². The second-order valence-electron chi connectivity index (χ2n) is 6.90. The van der Waals surface area contributed by atoms with Gasteiger partial charge in [0.1, 0.15) is 25.2 Å². The first-order chi connectivity index (χ1) is 15.9. The lowest BCUT2D eigenvalue weighted by Gasteiger charge is -2.20. The Morgan fingerprint density at radius 2 is 1.58 bits per heavy atom. The van der Waals surface area contributed by atoms with E-state index in [2.05, 4.69) is 20.4 Å². The molecule has 4 N–H and O–H groups in total. The molecule has 3 amide bonds. The van der Waals surface area contributed by atoms with Gasteiger partial charge in [0.15, 0.2) is 0 Å². The smallest absolute Gasteiger partial charge is 0.408 e. The number of esters is 1. The van der Waals surface area contributed by atoms with Gasteiger partial charge in [-0.2, -0.15) is 0 Å². The summed E-state index contributed by atoms with van der Waals surface area (Å²) in [6.07, 6.45) is 0.382. The molecule has 10 nitrogen and oxygen atoms in total. The maximum atomic E-state index is 12.9. The van der Waals surface area contributed by atoms with Gasteiger partial charge in [-0.05, 0) is 11.1 Å². The molecule has 0 fully saturated rings. The summed E-state index contributed by atoms with van der Waals surface area (Å²) in [5, 5.41) is 4.94. The number of nitrogens with zero attached hydrogens (tertiary/aromatic N) is 1. The van der Waals surface area contributed by atoms with Crippen LogP contribution < -0.4 is 16.4 Å². The molecule has 0 heterocycles. The van der Waals surface area contributed by atoms with E-state index in [1.54, 1.807) is 36.4 Å². The number of alkyl carbamates (subject to hydrolysis) is 1. The van der Waals surface area contributed by atoms with Crippen molar-refractivity contribution in [2.24, 2.45) is 10.7 Å². The lowest BCUT2D eigenvalue weighted by Crippen LogP contribution is -2.54. The van der Waals surface area contributed by atoms with Gasteiger partial charge >= 0.3 is 12.1 Å². The molecule has 0 spiro atoms. The van der Waals surface area contributed by atoms with Crippen LogP contribution in [-0.2, 0) is 36.9 Å². The molecule has 0 aliphatic carbocycles. The van der Waals surface area contributed by atoms with Crippen molar-refractivity contribution < 1.29 is 28.7 Å². The number of methoxy groups -OCH3 is 1. The number of hydrogen-bond donors (Lipinski definition) is 3. The van der Waals surface area contributed by atoms with Crippen LogP contribution in [0.25, 0.3) is 0 Å². The average molecular weight is 454 g/mol. The lowest BCUT2D eigenvalue weighted by atomic mass is 10.1. The van der Waals surface area contributed by atoms with Crippen LogP contribution in [0.2, 0.25) is 0 Å². The van der Waals surface area contributed by atoms with E-state index in [9.17, 15) is 19.2 Å². The Hall–Kier alpha value is -4.21. The number of hydrogen-bond acceptors (Lipinski definition) is 7. The summed E-state index contributed by atoms with van der Waals surface area (Å²) in [6.45, 7) is -0.315. The summed E-state index contributed by atoms with van der Waals surface area (Å²) in [5.74, 6) is -2.18. The van der Waals surface area contributed by atoms with Gasteiger partial charge in [-0.3, -0.25) is 19.4 Å². The fourth-order valence-corrected chi connectivity index (χ4v) is 2.70. The second kappa shape index (κ2) is 13.3. The highest BCUT2D eigenvalue weighted by atomic mass is 16.5. The Labute approximate surface area is 191 Å². The highest BCUT2D eigenvalue weighted by molar-refractivity contribution is 6.01. The van der Waals surface area contributed by atoms with Crippen LogP contribution in [0.1, 0.15) is 11.1 Å². The van der Waals surface area contributed by atoms with Crippen molar-refractivity contribution in [2.45, 2.75) is 25.1 Å². The molecule has 2 aromatic rings. The van der Waals surface area contributed by atoms with Crippen LogP contribution in [0.5, 0.6) is 0 Å². The molecular weight excluding hydrogens is 428 g/mol. The van der Waals surface area contributed by atoms with Crippen LogP contribution >= 0.6 is 0 Å². The molecule has 2 rings (SSSR count). The molecule has 2 atom stereocenters. The van der Waals surface area contributed by atoms with E-state index in [4.69, 9.17) is 10.5 Å². The molecular formula is C23H26N4O6. The minimum Gasteiger partial charge on any atom is -0.468 e. The highest BCUT2D eigenvalue weighted by Gasteiger charge is 2.26. The van der Waals surface area contributed by atoms with Crippen LogP contribution in [0.3, 0.4) is 0 Å². The Kier molecular flexibility index (Phi) is 10.1. The number of aliphatic imine (C=N–C) groups is 1. The minimum atomic E-state index is -1.29. The topological polar surface area (TPSA) is 149 Å². The minimum absolute atomic E-state index is 0.0243.